The standard InChI is InChI=1S/C21H30N4O4/c1-14-4-5-15(2)16(12-14)19-18(20(26)28-3)17(23-21(27)24-19)13-22-6-7-25-8-10-29-11-9-25/h4-5,12,19,22H,6-11,13H2,1-3H3,(H2,23,24,27)/t19-/m0/s1. The van der Waals surface area contributed by atoms with Crippen LogP contribution in [-0.4, -0.2) is 69.9 Å². The van der Waals surface area contributed by atoms with Crippen LogP contribution in [0.3, 0.4) is 0 Å². The van der Waals surface area contributed by atoms with E-state index in [-0.39, 0.29) is 6.03 Å². The maximum Gasteiger partial charge on any atom is 0.338 e. The predicted octanol–water partition coefficient (Wildman–Crippen LogP) is 1.01. The number of carbonyl (C=O) groups is 2. The van der Waals surface area contributed by atoms with Crippen LogP contribution in [0.25, 0.3) is 0 Å². The van der Waals surface area contributed by atoms with Crippen molar-refractivity contribution in [1.82, 2.24) is 20.9 Å². The zero-order chi connectivity index (χ0) is 20.8. The number of amides is 2. The number of benzene rings is 1. The number of rotatable bonds is 7. The summed E-state index contributed by atoms with van der Waals surface area (Å²) in [5, 5.41) is 9.01. The van der Waals surface area contributed by atoms with Crippen molar-refractivity contribution >= 4 is 12.0 Å². The van der Waals surface area contributed by atoms with E-state index in [1.165, 1.54) is 7.11 Å². The molecule has 2 heterocycles. The van der Waals surface area contributed by atoms with E-state index in [1.807, 2.05) is 32.0 Å². The number of hydrogen-bond acceptors (Lipinski definition) is 6. The normalized spacial score (nSPS) is 20.2. The first-order chi connectivity index (χ1) is 14.0. The molecule has 1 atom stereocenters. The van der Waals surface area contributed by atoms with Gasteiger partial charge in [-0.3, -0.25) is 4.90 Å². The van der Waals surface area contributed by atoms with Crippen LogP contribution >= 0.6 is 0 Å². The Bertz CT molecular complexity index is 787. The maximum absolute atomic E-state index is 12.6. The molecular weight excluding hydrogens is 372 g/mol. The Morgan fingerprint density at radius 3 is 2.79 bits per heavy atom. The SMILES string of the molecule is COC(=O)C1=C(CNCCN2CCOCC2)NC(=O)N[C@H]1c1cc(C)ccc1C. The molecule has 3 rings (SSSR count). The van der Waals surface area contributed by atoms with Gasteiger partial charge in [0.1, 0.15) is 0 Å². The third-order valence-electron chi connectivity index (χ3n) is 5.31. The highest BCUT2D eigenvalue weighted by Crippen LogP contribution is 2.30. The van der Waals surface area contributed by atoms with Crippen LogP contribution in [-0.2, 0) is 14.3 Å². The average molecular weight is 402 g/mol. The van der Waals surface area contributed by atoms with Gasteiger partial charge in [-0.15, -0.1) is 0 Å². The van der Waals surface area contributed by atoms with Gasteiger partial charge >= 0.3 is 12.0 Å². The van der Waals surface area contributed by atoms with Crippen molar-refractivity contribution in [2.24, 2.45) is 0 Å². The van der Waals surface area contributed by atoms with Crippen LogP contribution in [0.4, 0.5) is 4.79 Å². The van der Waals surface area contributed by atoms with Crippen molar-refractivity contribution in [1.29, 1.82) is 0 Å². The first-order valence-electron chi connectivity index (χ1n) is 9.96. The molecule has 2 amide bonds. The van der Waals surface area contributed by atoms with Gasteiger partial charge < -0.3 is 25.4 Å². The summed E-state index contributed by atoms with van der Waals surface area (Å²) in [6, 6.07) is 5.13. The third-order valence-corrected chi connectivity index (χ3v) is 5.31. The molecule has 2 aliphatic heterocycles. The summed E-state index contributed by atoms with van der Waals surface area (Å²) in [4.78, 5) is 27.3. The fraction of sp³-hybridized carbons (Fsp3) is 0.524. The second kappa shape index (κ2) is 9.87. The van der Waals surface area contributed by atoms with Gasteiger partial charge in [-0.05, 0) is 25.0 Å². The molecule has 8 heteroatoms. The summed E-state index contributed by atoms with van der Waals surface area (Å²) in [5.74, 6) is -0.451. The second-order valence-corrected chi connectivity index (χ2v) is 7.41. The highest BCUT2D eigenvalue weighted by atomic mass is 16.5. The highest BCUT2D eigenvalue weighted by Gasteiger charge is 2.34. The number of methoxy groups -OCH3 is 1. The van der Waals surface area contributed by atoms with Crippen molar-refractivity contribution in [2.45, 2.75) is 19.9 Å². The summed E-state index contributed by atoms with van der Waals surface area (Å²) in [5.41, 5.74) is 3.94. The number of urea groups is 1. The molecule has 0 aliphatic carbocycles. The highest BCUT2D eigenvalue weighted by molar-refractivity contribution is 5.95. The first-order valence-corrected chi connectivity index (χ1v) is 9.96. The van der Waals surface area contributed by atoms with Crippen LogP contribution in [0.5, 0.6) is 0 Å². The van der Waals surface area contributed by atoms with Crippen LogP contribution in [0.1, 0.15) is 22.7 Å². The fourth-order valence-electron chi connectivity index (χ4n) is 3.69. The summed E-state index contributed by atoms with van der Waals surface area (Å²) in [7, 11) is 1.36. The minimum absolute atomic E-state index is 0.325. The molecule has 0 bridgehead atoms. The molecule has 1 aromatic carbocycles. The number of hydrogen-bond donors (Lipinski definition) is 3. The van der Waals surface area contributed by atoms with Crippen molar-refractivity contribution in [3.63, 3.8) is 0 Å². The topological polar surface area (TPSA) is 91.9 Å². The van der Waals surface area contributed by atoms with E-state index in [0.717, 1.165) is 56.1 Å². The van der Waals surface area contributed by atoms with Gasteiger partial charge in [0, 0.05) is 38.4 Å². The van der Waals surface area contributed by atoms with Gasteiger partial charge in [0.05, 0.1) is 31.9 Å². The second-order valence-electron chi connectivity index (χ2n) is 7.41. The number of esters is 1. The molecule has 2 aliphatic rings. The number of ether oxygens (including phenoxy) is 2. The monoisotopic (exact) mass is 402 g/mol. The lowest BCUT2D eigenvalue weighted by Crippen LogP contribution is -2.48. The van der Waals surface area contributed by atoms with Gasteiger partial charge in [0.2, 0.25) is 0 Å². The zero-order valence-corrected chi connectivity index (χ0v) is 17.3. The van der Waals surface area contributed by atoms with Gasteiger partial charge in [0.15, 0.2) is 0 Å². The Morgan fingerprint density at radius 2 is 2.07 bits per heavy atom. The molecule has 1 aromatic rings. The molecule has 0 unspecified atom stereocenters. The first kappa shape index (κ1) is 21.3. The Balaban J connectivity index is 1.78. The largest absolute Gasteiger partial charge is 0.466 e. The molecule has 0 saturated carbocycles. The van der Waals surface area contributed by atoms with E-state index in [4.69, 9.17) is 9.47 Å². The lowest BCUT2D eigenvalue weighted by Gasteiger charge is -2.31. The van der Waals surface area contributed by atoms with E-state index >= 15 is 0 Å². The molecule has 1 saturated heterocycles. The van der Waals surface area contributed by atoms with Crippen LogP contribution < -0.4 is 16.0 Å². The van der Waals surface area contributed by atoms with Gasteiger partial charge in [-0.1, -0.05) is 23.8 Å². The summed E-state index contributed by atoms with van der Waals surface area (Å²) >= 11 is 0. The van der Waals surface area contributed by atoms with E-state index in [0.29, 0.717) is 17.8 Å². The number of nitrogens with zero attached hydrogens (tertiary/aromatic N) is 1. The van der Waals surface area contributed by atoms with Crippen molar-refractivity contribution in [3.8, 4) is 0 Å². The average Bonchev–Trinajstić information content (AvgIpc) is 2.72. The Kier molecular flexibility index (Phi) is 7.24. The predicted molar refractivity (Wildman–Crippen MR) is 109 cm³/mol. The lowest BCUT2D eigenvalue weighted by atomic mass is 9.91. The number of morpholine rings is 1. The van der Waals surface area contributed by atoms with E-state index in [9.17, 15) is 9.59 Å². The minimum Gasteiger partial charge on any atom is -0.466 e. The van der Waals surface area contributed by atoms with E-state index < -0.39 is 12.0 Å². The molecule has 3 N–H and O–H groups in total. The van der Waals surface area contributed by atoms with Crippen LogP contribution in [0.2, 0.25) is 0 Å². The van der Waals surface area contributed by atoms with E-state index in [2.05, 4.69) is 20.9 Å². The Morgan fingerprint density at radius 1 is 1.31 bits per heavy atom. The number of carbonyl (C=O) groups excluding carboxylic acids is 2. The summed E-state index contributed by atoms with van der Waals surface area (Å²) in [6.45, 7) is 9.34. The lowest BCUT2D eigenvalue weighted by molar-refractivity contribution is -0.136. The molecule has 158 valence electrons. The third kappa shape index (κ3) is 5.35. The van der Waals surface area contributed by atoms with Crippen LogP contribution in [0, 0.1) is 13.8 Å². The van der Waals surface area contributed by atoms with E-state index in [1.54, 1.807) is 0 Å². The molecule has 0 aromatic heterocycles. The number of aryl methyl sites for hydroxylation is 2. The zero-order valence-electron chi connectivity index (χ0n) is 17.3. The van der Waals surface area contributed by atoms with Crippen molar-refractivity contribution in [2.75, 3.05) is 53.0 Å². The smallest absolute Gasteiger partial charge is 0.338 e. The summed E-state index contributed by atoms with van der Waals surface area (Å²) < 4.78 is 10.4. The molecule has 1 fully saturated rings. The molecule has 8 nitrogen and oxygen atoms in total. The molecule has 0 radical (unpaired) electrons. The van der Waals surface area contributed by atoms with Crippen LogP contribution in [0.15, 0.2) is 29.5 Å². The summed E-state index contributed by atoms with van der Waals surface area (Å²) in [6.07, 6.45) is 0. The van der Waals surface area contributed by atoms with Crippen molar-refractivity contribution < 1.29 is 19.1 Å². The van der Waals surface area contributed by atoms with Crippen molar-refractivity contribution in [3.05, 3.63) is 46.2 Å². The minimum atomic E-state index is -0.549. The quantitative estimate of drug-likeness (QED) is 0.466. The molecule has 29 heavy (non-hydrogen) atoms. The molecule has 0 spiro atoms. The molecular formula is C21H30N4O4. The fourth-order valence-corrected chi connectivity index (χ4v) is 3.69. The van der Waals surface area contributed by atoms with Gasteiger partial charge in [-0.2, -0.15) is 0 Å². The van der Waals surface area contributed by atoms with Gasteiger partial charge in [0.25, 0.3) is 0 Å². The van der Waals surface area contributed by atoms with Gasteiger partial charge in [-0.25, -0.2) is 9.59 Å². The maximum atomic E-state index is 12.6. The Hall–Kier alpha value is -2.42. The Labute approximate surface area is 171 Å². The number of nitrogens with one attached hydrogen (secondary N) is 3.